The molecular formula is C21H18N4. The van der Waals surface area contributed by atoms with Crippen molar-refractivity contribution >= 4 is 33.3 Å². The number of hydrogen-bond donors (Lipinski definition) is 1. The summed E-state index contributed by atoms with van der Waals surface area (Å²) in [5, 5.41) is 1.15. The first kappa shape index (κ1) is 14.2. The van der Waals surface area contributed by atoms with Gasteiger partial charge in [0.15, 0.2) is 5.82 Å². The summed E-state index contributed by atoms with van der Waals surface area (Å²) in [7, 11) is 0. The molecule has 0 aliphatic carbocycles. The fourth-order valence-electron chi connectivity index (χ4n) is 3.64. The van der Waals surface area contributed by atoms with Gasteiger partial charge in [0.25, 0.3) is 0 Å². The van der Waals surface area contributed by atoms with Gasteiger partial charge in [0.2, 0.25) is 0 Å². The van der Waals surface area contributed by atoms with E-state index in [9.17, 15) is 0 Å². The quantitative estimate of drug-likeness (QED) is 0.593. The molecule has 4 nitrogen and oxygen atoms in total. The molecule has 0 bridgehead atoms. The molecule has 0 spiro atoms. The summed E-state index contributed by atoms with van der Waals surface area (Å²) in [4.78, 5) is 14.9. The van der Waals surface area contributed by atoms with Crippen LogP contribution in [-0.2, 0) is 0 Å². The van der Waals surface area contributed by atoms with Crippen molar-refractivity contribution in [2.45, 2.75) is 6.42 Å². The standard InChI is InChI=1S/C21H18N4/c1-2-6-15(7-3-1)16-10-12-25(13-11-16)21-20-19(22-14-23-21)17-8-4-5-9-18(17)24-20/h1-10,14,24H,11-13H2. The topological polar surface area (TPSA) is 44.8 Å². The summed E-state index contributed by atoms with van der Waals surface area (Å²) < 4.78 is 0. The van der Waals surface area contributed by atoms with Crippen molar-refractivity contribution in [3.8, 4) is 0 Å². The molecule has 122 valence electrons. The molecule has 5 rings (SSSR count). The van der Waals surface area contributed by atoms with Crippen molar-refractivity contribution in [1.29, 1.82) is 0 Å². The smallest absolute Gasteiger partial charge is 0.156 e. The van der Waals surface area contributed by atoms with Crippen LogP contribution in [0.5, 0.6) is 0 Å². The highest BCUT2D eigenvalue weighted by Crippen LogP contribution is 2.31. The normalized spacial score (nSPS) is 14.9. The van der Waals surface area contributed by atoms with Crippen LogP contribution in [0.4, 0.5) is 5.82 Å². The first-order valence-corrected chi connectivity index (χ1v) is 8.61. The van der Waals surface area contributed by atoms with Crippen LogP contribution in [0, 0.1) is 0 Å². The Balaban J connectivity index is 1.53. The highest BCUT2D eigenvalue weighted by molar-refractivity contribution is 6.08. The molecule has 0 saturated carbocycles. The third-order valence-electron chi connectivity index (χ3n) is 4.92. The molecule has 1 N–H and O–H groups in total. The maximum Gasteiger partial charge on any atom is 0.156 e. The lowest BCUT2D eigenvalue weighted by atomic mass is 9.99. The lowest BCUT2D eigenvalue weighted by Gasteiger charge is -2.27. The van der Waals surface area contributed by atoms with Crippen molar-refractivity contribution in [2.24, 2.45) is 0 Å². The van der Waals surface area contributed by atoms with Gasteiger partial charge in [-0.25, -0.2) is 9.97 Å². The van der Waals surface area contributed by atoms with Crippen LogP contribution in [0.15, 0.2) is 67.0 Å². The number of H-pyrrole nitrogens is 1. The fourth-order valence-corrected chi connectivity index (χ4v) is 3.64. The van der Waals surface area contributed by atoms with E-state index in [4.69, 9.17) is 0 Å². The third kappa shape index (κ3) is 2.38. The van der Waals surface area contributed by atoms with Gasteiger partial charge >= 0.3 is 0 Å². The van der Waals surface area contributed by atoms with Gasteiger partial charge in [-0.3, -0.25) is 0 Å². The maximum atomic E-state index is 4.58. The third-order valence-corrected chi connectivity index (χ3v) is 4.92. The zero-order valence-electron chi connectivity index (χ0n) is 13.8. The summed E-state index contributed by atoms with van der Waals surface area (Å²) in [6.45, 7) is 1.83. The second-order valence-electron chi connectivity index (χ2n) is 6.38. The van der Waals surface area contributed by atoms with E-state index < -0.39 is 0 Å². The molecular weight excluding hydrogens is 308 g/mol. The first-order valence-electron chi connectivity index (χ1n) is 8.61. The highest BCUT2D eigenvalue weighted by Gasteiger charge is 2.18. The second kappa shape index (κ2) is 5.74. The minimum absolute atomic E-state index is 0.867. The van der Waals surface area contributed by atoms with E-state index in [1.54, 1.807) is 6.33 Å². The van der Waals surface area contributed by atoms with E-state index >= 15 is 0 Å². The Labute approximate surface area is 145 Å². The molecule has 0 fully saturated rings. The van der Waals surface area contributed by atoms with Crippen LogP contribution in [0.1, 0.15) is 12.0 Å². The Bertz CT molecular complexity index is 1080. The fraction of sp³-hybridized carbons (Fsp3) is 0.143. The summed E-state index contributed by atoms with van der Waals surface area (Å²) in [6, 6.07) is 18.9. The van der Waals surface area contributed by atoms with Gasteiger partial charge < -0.3 is 9.88 Å². The van der Waals surface area contributed by atoms with E-state index in [1.807, 2.05) is 12.1 Å². The Morgan fingerprint density at radius 3 is 2.60 bits per heavy atom. The SMILES string of the molecule is C1=C(c2ccccc2)CCN(c2ncnc3c2[nH]c2ccccc23)C1. The van der Waals surface area contributed by atoms with Crippen molar-refractivity contribution in [3.63, 3.8) is 0 Å². The molecule has 2 aromatic heterocycles. The predicted molar refractivity (Wildman–Crippen MR) is 103 cm³/mol. The molecule has 0 unspecified atom stereocenters. The van der Waals surface area contributed by atoms with Gasteiger partial charge in [-0.2, -0.15) is 0 Å². The van der Waals surface area contributed by atoms with Gasteiger partial charge in [0.1, 0.15) is 17.4 Å². The number of anilines is 1. The number of hydrogen-bond acceptors (Lipinski definition) is 3. The van der Waals surface area contributed by atoms with E-state index in [0.29, 0.717) is 0 Å². The Hall–Kier alpha value is -3.14. The second-order valence-corrected chi connectivity index (χ2v) is 6.38. The van der Waals surface area contributed by atoms with Gasteiger partial charge in [0, 0.05) is 24.0 Å². The van der Waals surface area contributed by atoms with Crippen LogP contribution in [0.25, 0.3) is 27.5 Å². The van der Waals surface area contributed by atoms with Crippen molar-refractivity contribution in [2.75, 3.05) is 18.0 Å². The van der Waals surface area contributed by atoms with E-state index in [0.717, 1.165) is 47.3 Å². The summed E-state index contributed by atoms with van der Waals surface area (Å²) in [5.41, 5.74) is 5.87. The number of rotatable bonds is 2. The van der Waals surface area contributed by atoms with Crippen LogP contribution >= 0.6 is 0 Å². The first-order chi connectivity index (χ1) is 12.4. The molecule has 0 radical (unpaired) electrons. The summed E-state index contributed by atoms with van der Waals surface area (Å²) in [6.07, 6.45) is 5.01. The van der Waals surface area contributed by atoms with Crippen LogP contribution in [0.3, 0.4) is 0 Å². The average Bonchev–Trinajstić information content (AvgIpc) is 3.08. The lowest BCUT2D eigenvalue weighted by molar-refractivity contribution is 0.818. The lowest BCUT2D eigenvalue weighted by Crippen LogP contribution is -2.29. The molecule has 1 aliphatic rings. The number of nitrogens with zero attached hydrogens (tertiary/aromatic N) is 3. The molecule has 0 amide bonds. The molecule has 1 aliphatic heterocycles. The molecule has 25 heavy (non-hydrogen) atoms. The number of aromatic amines is 1. The molecule has 3 heterocycles. The van der Waals surface area contributed by atoms with Crippen LogP contribution < -0.4 is 4.90 Å². The molecule has 2 aromatic carbocycles. The Morgan fingerprint density at radius 2 is 1.76 bits per heavy atom. The van der Waals surface area contributed by atoms with Crippen LogP contribution in [-0.4, -0.2) is 28.0 Å². The van der Waals surface area contributed by atoms with E-state index in [2.05, 4.69) is 68.4 Å². The maximum absolute atomic E-state index is 4.58. The van der Waals surface area contributed by atoms with Gasteiger partial charge in [-0.15, -0.1) is 0 Å². The van der Waals surface area contributed by atoms with Gasteiger partial charge in [-0.1, -0.05) is 54.6 Å². The van der Waals surface area contributed by atoms with Crippen molar-refractivity contribution in [3.05, 3.63) is 72.6 Å². The summed E-state index contributed by atoms with van der Waals surface area (Å²) >= 11 is 0. The van der Waals surface area contributed by atoms with Crippen molar-refractivity contribution < 1.29 is 0 Å². The minimum Gasteiger partial charge on any atom is -0.351 e. The zero-order chi connectivity index (χ0) is 16.6. The molecule has 0 atom stereocenters. The Morgan fingerprint density at radius 1 is 0.920 bits per heavy atom. The predicted octanol–water partition coefficient (Wildman–Crippen LogP) is 4.40. The summed E-state index contributed by atoms with van der Waals surface area (Å²) in [5.74, 6) is 0.990. The number of para-hydroxylation sites is 1. The molecule has 4 heteroatoms. The molecule has 0 saturated heterocycles. The number of fused-ring (bicyclic) bond motifs is 3. The highest BCUT2D eigenvalue weighted by atomic mass is 15.2. The van der Waals surface area contributed by atoms with Crippen LogP contribution in [0.2, 0.25) is 0 Å². The zero-order valence-corrected chi connectivity index (χ0v) is 13.8. The van der Waals surface area contributed by atoms with Gasteiger partial charge in [-0.05, 0) is 23.6 Å². The number of benzene rings is 2. The monoisotopic (exact) mass is 326 g/mol. The number of aromatic nitrogens is 3. The minimum atomic E-state index is 0.867. The Kier molecular flexibility index (Phi) is 3.27. The van der Waals surface area contributed by atoms with Crippen molar-refractivity contribution in [1.82, 2.24) is 15.0 Å². The van der Waals surface area contributed by atoms with E-state index in [-0.39, 0.29) is 0 Å². The average molecular weight is 326 g/mol. The molecule has 4 aromatic rings. The number of nitrogens with one attached hydrogen (secondary N) is 1. The van der Waals surface area contributed by atoms with Gasteiger partial charge in [0.05, 0.1) is 0 Å². The van der Waals surface area contributed by atoms with E-state index in [1.165, 1.54) is 11.1 Å². The largest absolute Gasteiger partial charge is 0.351 e.